The van der Waals surface area contributed by atoms with Crippen LogP contribution in [0.5, 0.6) is 0 Å². The molecule has 11 rings (SSSR count). The van der Waals surface area contributed by atoms with E-state index in [1.54, 1.807) is 12.4 Å². The Bertz CT molecular complexity index is 3170. The van der Waals surface area contributed by atoms with Crippen LogP contribution in [0.2, 0.25) is 0 Å². The zero-order valence-electron chi connectivity index (χ0n) is 35.5. The molecule has 8 heteroatoms. The minimum Gasteiger partial charge on any atom is -0.264 e. The molecule has 0 unspecified atom stereocenters. The highest BCUT2D eigenvalue weighted by molar-refractivity contribution is 5.87. The lowest BCUT2D eigenvalue weighted by Crippen LogP contribution is -1.90. The molecule has 8 nitrogen and oxygen atoms in total. The lowest BCUT2D eigenvalue weighted by atomic mass is 9.91. The first-order valence-electron chi connectivity index (χ1n) is 21.6. The number of hydrogen-bond donors (Lipinski definition) is 0. The number of rotatable bonds is 10. The molecule has 11 aromatic rings. The highest BCUT2D eigenvalue weighted by Gasteiger charge is 2.12. The van der Waals surface area contributed by atoms with Gasteiger partial charge in [-0.2, -0.15) is 0 Å². The van der Waals surface area contributed by atoms with Crippen LogP contribution < -0.4 is 0 Å². The maximum Gasteiger partial charge on any atom is 0.0717 e. The summed E-state index contributed by atoms with van der Waals surface area (Å²) in [5.41, 5.74) is 19.8. The van der Waals surface area contributed by atoms with Gasteiger partial charge < -0.3 is 0 Å². The number of nitrogens with zero attached hydrogens (tertiary/aromatic N) is 8. The summed E-state index contributed by atoms with van der Waals surface area (Å²) in [5, 5.41) is 0. The molecule has 0 bridgehead atoms. The second kappa shape index (κ2) is 17.9. The van der Waals surface area contributed by atoms with Crippen molar-refractivity contribution in [2.45, 2.75) is 0 Å². The third kappa shape index (κ3) is 8.37. The van der Waals surface area contributed by atoms with E-state index in [0.717, 1.165) is 112 Å². The fourth-order valence-electron chi connectivity index (χ4n) is 8.08. The van der Waals surface area contributed by atoms with Gasteiger partial charge in [0.05, 0.1) is 34.2 Å². The summed E-state index contributed by atoms with van der Waals surface area (Å²) < 4.78 is 0. The van der Waals surface area contributed by atoms with Gasteiger partial charge in [0.2, 0.25) is 0 Å². The Labute approximate surface area is 382 Å². The third-order valence-corrected chi connectivity index (χ3v) is 11.6. The van der Waals surface area contributed by atoms with Gasteiger partial charge in [0.25, 0.3) is 0 Å². The normalized spacial score (nSPS) is 11.0. The van der Waals surface area contributed by atoms with Gasteiger partial charge >= 0.3 is 0 Å². The van der Waals surface area contributed by atoms with Crippen molar-refractivity contribution in [2.75, 3.05) is 0 Å². The quantitative estimate of drug-likeness (QED) is 0.134. The predicted octanol–water partition coefficient (Wildman–Crippen LogP) is 13.5. The van der Waals surface area contributed by atoms with Crippen LogP contribution in [0.3, 0.4) is 0 Å². The van der Waals surface area contributed by atoms with Crippen molar-refractivity contribution in [3.05, 3.63) is 232 Å². The Morgan fingerprint density at radius 2 is 0.485 bits per heavy atom. The molecule has 0 saturated heterocycles. The molecule has 0 radical (unpaired) electrons. The standard InChI is InChI=1S/C58H38N8/c1-2-14-52(42-10-4-8-40(30-42)44-16-22-56(62-34-44)48-20-26-58(66-38-48)50-18-24-54(64-36-50)46-12-6-28-60-32-46)51(13-1)41-9-3-7-39(29-41)43-15-21-55(61-33-43)47-19-25-57(65-37-47)49-17-23-53(63-35-49)45-11-5-27-59-31-45/h1-38H. The molecule has 310 valence electrons. The van der Waals surface area contributed by atoms with Crippen LogP contribution in [0.4, 0.5) is 0 Å². The lowest BCUT2D eigenvalue weighted by Gasteiger charge is -2.13. The predicted molar refractivity (Wildman–Crippen MR) is 263 cm³/mol. The molecule has 0 atom stereocenters. The molecule has 66 heavy (non-hydrogen) atoms. The second-order valence-corrected chi connectivity index (χ2v) is 15.8. The Morgan fingerprint density at radius 1 is 0.197 bits per heavy atom. The highest BCUT2D eigenvalue weighted by Crippen LogP contribution is 2.36. The van der Waals surface area contributed by atoms with E-state index in [4.69, 9.17) is 19.9 Å². The Morgan fingerprint density at radius 3 is 0.773 bits per heavy atom. The van der Waals surface area contributed by atoms with Gasteiger partial charge in [0, 0.05) is 106 Å². The van der Waals surface area contributed by atoms with Crippen LogP contribution in [0.15, 0.2) is 232 Å². The molecule has 0 N–H and O–H groups in total. The van der Waals surface area contributed by atoms with E-state index in [9.17, 15) is 0 Å². The molecule has 0 aliphatic carbocycles. The molecule has 8 heterocycles. The van der Waals surface area contributed by atoms with Crippen molar-refractivity contribution < 1.29 is 0 Å². The van der Waals surface area contributed by atoms with Crippen molar-refractivity contribution >= 4 is 0 Å². The fourth-order valence-corrected chi connectivity index (χ4v) is 8.08. The maximum atomic E-state index is 4.86. The molecule has 0 aliphatic rings. The molecular weight excluding hydrogens is 809 g/mol. The average molecular weight is 847 g/mol. The van der Waals surface area contributed by atoms with Gasteiger partial charge in [0.15, 0.2) is 0 Å². The van der Waals surface area contributed by atoms with E-state index in [1.165, 1.54) is 0 Å². The molecule has 3 aromatic carbocycles. The smallest absolute Gasteiger partial charge is 0.0717 e. The minimum atomic E-state index is 0.853. The van der Waals surface area contributed by atoms with Crippen molar-refractivity contribution in [3.63, 3.8) is 0 Å². The van der Waals surface area contributed by atoms with E-state index in [2.05, 4.69) is 129 Å². The van der Waals surface area contributed by atoms with Gasteiger partial charge in [-0.3, -0.25) is 39.9 Å². The molecule has 0 saturated carbocycles. The van der Waals surface area contributed by atoms with E-state index in [-0.39, 0.29) is 0 Å². The van der Waals surface area contributed by atoms with Crippen LogP contribution in [-0.2, 0) is 0 Å². The van der Waals surface area contributed by atoms with Crippen molar-refractivity contribution in [2.24, 2.45) is 0 Å². The van der Waals surface area contributed by atoms with Gasteiger partial charge in [-0.05, 0) is 130 Å². The zero-order chi connectivity index (χ0) is 44.1. The first-order chi connectivity index (χ1) is 32.7. The van der Waals surface area contributed by atoms with Crippen LogP contribution in [0.25, 0.3) is 112 Å². The SMILES string of the molecule is c1cncc(-c2ccc(-c3ccc(-c4ccc(-c5cccc(-c6ccccc6-c6cccc(-c7ccc(-c8ccc(-c9ccc(-c%10cccnc%10)nc9)nc8)nc7)c6)c5)cn4)cn3)cn2)c1. The van der Waals surface area contributed by atoms with Crippen molar-refractivity contribution in [1.82, 2.24) is 39.9 Å². The maximum absolute atomic E-state index is 4.86. The summed E-state index contributed by atoms with van der Waals surface area (Å²) in [7, 11) is 0. The molecule has 0 amide bonds. The molecular formula is C58H38N8. The Hall–Kier alpha value is -9.14. The average Bonchev–Trinajstić information content (AvgIpc) is 3.42. The van der Waals surface area contributed by atoms with E-state index >= 15 is 0 Å². The summed E-state index contributed by atoms with van der Waals surface area (Å²) >= 11 is 0. The summed E-state index contributed by atoms with van der Waals surface area (Å²) in [6.45, 7) is 0. The fraction of sp³-hybridized carbons (Fsp3) is 0. The number of pyridine rings is 8. The lowest BCUT2D eigenvalue weighted by molar-refractivity contribution is 1.25. The number of benzene rings is 3. The van der Waals surface area contributed by atoms with E-state index in [1.807, 2.05) is 110 Å². The highest BCUT2D eigenvalue weighted by atomic mass is 14.7. The van der Waals surface area contributed by atoms with Gasteiger partial charge in [-0.15, -0.1) is 0 Å². The minimum absolute atomic E-state index is 0.853. The molecule has 0 spiro atoms. The Kier molecular flexibility index (Phi) is 10.8. The first-order valence-corrected chi connectivity index (χ1v) is 21.6. The number of hydrogen-bond acceptors (Lipinski definition) is 8. The van der Waals surface area contributed by atoms with Crippen LogP contribution in [-0.4, -0.2) is 39.9 Å². The monoisotopic (exact) mass is 846 g/mol. The van der Waals surface area contributed by atoms with E-state index in [0.29, 0.717) is 0 Å². The number of aromatic nitrogens is 8. The van der Waals surface area contributed by atoms with Crippen LogP contribution in [0.1, 0.15) is 0 Å². The first kappa shape index (κ1) is 39.7. The molecule has 0 fully saturated rings. The van der Waals surface area contributed by atoms with Gasteiger partial charge in [-0.1, -0.05) is 72.8 Å². The third-order valence-electron chi connectivity index (χ3n) is 11.6. The summed E-state index contributed by atoms with van der Waals surface area (Å²) in [6, 6.07) is 58.3. The van der Waals surface area contributed by atoms with E-state index < -0.39 is 0 Å². The topological polar surface area (TPSA) is 103 Å². The van der Waals surface area contributed by atoms with Crippen molar-refractivity contribution in [1.29, 1.82) is 0 Å². The van der Waals surface area contributed by atoms with Crippen molar-refractivity contribution in [3.8, 4) is 112 Å². The summed E-state index contributed by atoms with van der Waals surface area (Å²) in [5.74, 6) is 0. The summed E-state index contributed by atoms with van der Waals surface area (Å²) in [6.07, 6.45) is 18.5. The van der Waals surface area contributed by atoms with Crippen LogP contribution >= 0.6 is 0 Å². The van der Waals surface area contributed by atoms with Gasteiger partial charge in [-0.25, -0.2) is 0 Å². The molecule has 8 aromatic heterocycles. The summed E-state index contributed by atoms with van der Waals surface area (Å²) in [4.78, 5) is 36.9. The second-order valence-electron chi connectivity index (χ2n) is 15.8. The zero-order valence-corrected chi connectivity index (χ0v) is 35.5. The van der Waals surface area contributed by atoms with Crippen LogP contribution in [0, 0.1) is 0 Å². The van der Waals surface area contributed by atoms with Gasteiger partial charge in [0.1, 0.15) is 0 Å². The molecule has 0 aliphatic heterocycles. The Balaban J connectivity index is 0.778. The largest absolute Gasteiger partial charge is 0.264 e.